The number of nitrogens with one attached hydrogen (secondary N) is 2. The van der Waals surface area contributed by atoms with Crippen LogP contribution in [0.15, 0.2) is 47.6 Å². The molecule has 1 fully saturated rings. The topological polar surface area (TPSA) is 61.8 Å². The third-order valence-electron chi connectivity index (χ3n) is 4.94. The SMILES string of the molecule is CCNC(=NCCCc1cccc(OC)c1)NC1CCN(c2ncccc2F)C1.I. The number of hydrogen-bond donors (Lipinski definition) is 2. The van der Waals surface area contributed by atoms with Crippen LogP contribution in [0.2, 0.25) is 0 Å². The summed E-state index contributed by atoms with van der Waals surface area (Å²) in [6, 6.07) is 11.4. The number of aryl methyl sites for hydroxylation is 1. The van der Waals surface area contributed by atoms with Gasteiger partial charge >= 0.3 is 0 Å². The smallest absolute Gasteiger partial charge is 0.191 e. The molecule has 30 heavy (non-hydrogen) atoms. The second-order valence-corrected chi connectivity index (χ2v) is 7.10. The minimum absolute atomic E-state index is 0. The number of guanidine groups is 1. The van der Waals surface area contributed by atoms with Crippen LogP contribution in [0.5, 0.6) is 5.75 Å². The number of rotatable bonds is 8. The van der Waals surface area contributed by atoms with Gasteiger partial charge in [-0.15, -0.1) is 24.0 Å². The molecule has 0 spiro atoms. The molecule has 1 aliphatic rings. The maximum atomic E-state index is 14.0. The van der Waals surface area contributed by atoms with Gasteiger partial charge in [-0.05, 0) is 56.0 Å². The minimum atomic E-state index is -0.272. The fraction of sp³-hybridized carbons (Fsp3) is 0.455. The lowest BCUT2D eigenvalue weighted by Crippen LogP contribution is -2.44. The van der Waals surface area contributed by atoms with Crippen molar-refractivity contribution in [2.75, 3.05) is 38.2 Å². The lowest BCUT2D eigenvalue weighted by Gasteiger charge is -2.20. The van der Waals surface area contributed by atoms with Gasteiger partial charge in [0.15, 0.2) is 17.6 Å². The van der Waals surface area contributed by atoms with Gasteiger partial charge in [0.05, 0.1) is 7.11 Å². The summed E-state index contributed by atoms with van der Waals surface area (Å²) >= 11 is 0. The fourth-order valence-corrected chi connectivity index (χ4v) is 3.50. The molecule has 0 radical (unpaired) electrons. The highest BCUT2D eigenvalue weighted by molar-refractivity contribution is 14.0. The highest BCUT2D eigenvalue weighted by Gasteiger charge is 2.25. The number of aromatic nitrogens is 1. The van der Waals surface area contributed by atoms with E-state index in [1.807, 2.05) is 17.0 Å². The number of anilines is 1. The van der Waals surface area contributed by atoms with E-state index < -0.39 is 0 Å². The molecule has 1 saturated heterocycles. The molecular formula is C22H31FIN5O. The number of aliphatic imine (C=N–C) groups is 1. The van der Waals surface area contributed by atoms with Gasteiger partial charge in [0, 0.05) is 38.4 Å². The first-order chi connectivity index (χ1) is 14.2. The summed E-state index contributed by atoms with van der Waals surface area (Å²) in [5.74, 6) is 1.85. The lowest BCUT2D eigenvalue weighted by atomic mass is 10.1. The van der Waals surface area contributed by atoms with Crippen molar-refractivity contribution < 1.29 is 9.13 Å². The van der Waals surface area contributed by atoms with Crippen molar-refractivity contribution in [1.82, 2.24) is 15.6 Å². The predicted molar refractivity (Wildman–Crippen MR) is 131 cm³/mol. The van der Waals surface area contributed by atoms with Crippen LogP contribution in [-0.2, 0) is 6.42 Å². The molecule has 1 aromatic carbocycles. The van der Waals surface area contributed by atoms with E-state index >= 15 is 0 Å². The maximum Gasteiger partial charge on any atom is 0.191 e. The Labute approximate surface area is 195 Å². The van der Waals surface area contributed by atoms with Crippen LogP contribution < -0.4 is 20.3 Å². The van der Waals surface area contributed by atoms with E-state index in [0.29, 0.717) is 12.4 Å². The third kappa shape index (κ3) is 7.00. The Hall–Kier alpha value is -2.10. The van der Waals surface area contributed by atoms with E-state index in [1.165, 1.54) is 11.6 Å². The molecule has 2 aromatic rings. The van der Waals surface area contributed by atoms with E-state index in [9.17, 15) is 4.39 Å². The van der Waals surface area contributed by atoms with E-state index in [1.54, 1.807) is 19.4 Å². The summed E-state index contributed by atoms with van der Waals surface area (Å²) in [7, 11) is 1.68. The molecule has 1 unspecified atom stereocenters. The molecule has 2 heterocycles. The number of pyridine rings is 1. The molecule has 1 aliphatic heterocycles. The van der Waals surface area contributed by atoms with Gasteiger partial charge in [0.1, 0.15) is 5.75 Å². The molecule has 0 bridgehead atoms. The molecule has 8 heteroatoms. The van der Waals surface area contributed by atoms with Crippen LogP contribution in [0.25, 0.3) is 0 Å². The van der Waals surface area contributed by atoms with Crippen LogP contribution in [0.3, 0.4) is 0 Å². The van der Waals surface area contributed by atoms with E-state index in [4.69, 9.17) is 9.73 Å². The van der Waals surface area contributed by atoms with Crippen molar-refractivity contribution in [3.8, 4) is 5.75 Å². The molecule has 164 valence electrons. The highest BCUT2D eigenvalue weighted by atomic mass is 127. The van der Waals surface area contributed by atoms with Crippen LogP contribution in [0, 0.1) is 5.82 Å². The first-order valence-corrected chi connectivity index (χ1v) is 10.2. The Morgan fingerprint density at radius 2 is 2.20 bits per heavy atom. The quantitative estimate of drug-likeness (QED) is 0.238. The molecule has 1 aromatic heterocycles. The zero-order valence-corrected chi connectivity index (χ0v) is 19.9. The van der Waals surface area contributed by atoms with Gasteiger partial charge in [-0.2, -0.15) is 0 Å². The minimum Gasteiger partial charge on any atom is -0.497 e. The van der Waals surface area contributed by atoms with Gasteiger partial charge in [0.2, 0.25) is 0 Å². The predicted octanol–water partition coefficient (Wildman–Crippen LogP) is 3.61. The third-order valence-corrected chi connectivity index (χ3v) is 4.94. The monoisotopic (exact) mass is 527 g/mol. The van der Waals surface area contributed by atoms with Gasteiger partial charge < -0.3 is 20.3 Å². The van der Waals surface area contributed by atoms with Crippen molar-refractivity contribution in [3.63, 3.8) is 0 Å². The lowest BCUT2D eigenvalue weighted by molar-refractivity contribution is 0.414. The molecular weight excluding hydrogens is 496 g/mol. The van der Waals surface area contributed by atoms with Crippen molar-refractivity contribution in [1.29, 1.82) is 0 Å². The number of benzene rings is 1. The van der Waals surface area contributed by atoms with Crippen LogP contribution >= 0.6 is 24.0 Å². The zero-order chi connectivity index (χ0) is 20.5. The summed E-state index contributed by atoms with van der Waals surface area (Å²) in [6.45, 7) is 5.07. The first-order valence-electron chi connectivity index (χ1n) is 10.2. The Morgan fingerprint density at radius 1 is 1.33 bits per heavy atom. The van der Waals surface area contributed by atoms with Gasteiger partial charge in [0.25, 0.3) is 0 Å². The fourth-order valence-electron chi connectivity index (χ4n) is 3.50. The summed E-state index contributed by atoms with van der Waals surface area (Å²) in [4.78, 5) is 10.9. The average Bonchev–Trinajstić information content (AvgIpc) is 3.20. The molecule has 0 aliphatic carbocycles. The number of methoxy groups -OCH3 is 1. The largest absolute Gasteiger partial charge is 0.497 e. The zero-order valence-electron chi connectivity index (χ0n) is 17.6. The van der Waals surface area contributed by atoms with Crippen LogP contribution in [0.1, 0.15) is 25.3 Å². The Morgan fingerprint density at radius 3 is 2.97 bits per heavy atom. The molecule has 0 saturated carbocycles. The van der Waals surface area contributed by atoms with Crippen molar-refractivity contribution in [2.45, 2.75) is 32.2 Å². The molecule has 6 nitrogen and oxygen atoms in total. The second kappa shape index (κ2) is 12.6. The summed E-state index contributed by atoms with van der Waals surface area (Å²) in [5, 5.41) is 6.78. The standard InChI is InChI=1S/C22H30FN5O.HI/c1-3-24-22(26-13-5-8-17-7-4-9-19(15-17)29-2)27-18-11-14-28(16-18)21-20(23)10-6-12-25-21;/h4,6-7,9-10,12,15,18H,3,5,8,11,13-14,16H2,1-2H3,(H2,24,26,27);1H. The number of hydrogen-bond acceptors (Lipinski definition) is 4. The molecule has 0 amide bonds. The summed E-state index contributed by atoms with van der Waals surface area (Å²) < 4.78 is 19.3. The highest BCUT2D eigenvalue weighted by Crippen LogP contribution is 2.20. The van der Waals surface area contributed by atoms with Crippen molar-refractivity contribution >= 4 is 35.8 Å². The maximum absolute atomic E-state index is 14.0. The summed E-state index contributed by atoms with van der Waals surface area (Å²) in [6.07, 6.45) is 4.47. The van der Waals surface area contributed by atoms with Crippen LogP contribution in [0.4, 0.5) is 10.2 Å². The summed E-state index contributed by atoms with van der Waals surface area (Å²) in [5.41, 5.74) is 1.25. The Balaban J connectivity index is 0.00000320. The first kappa shape index (κ1) is 24.2. The van der Waals surface area contributed by atoms with Crippen molar-refractivity contribution in [3.05, 3.63) is 54.0 Å². The Bertz CT molecular complexity index is 820. The Kier molecular flexibility index (Phi) is 10.1. The molecule has 2 N–H and O–H groups in total. The van der Waals surface area contributed by atoms with E-state index in [-0.39, 0.29) is 35.8 Å². The number of nitrogens with zero attached hydrogens (tertiary/aromatic N) is 3. The van der Waals surface area contributed by atoms with Gasteiger partial charge in [-0.1, -0.05) is 12.1 Å². The molecule has 3 rings (SSSR count). The van der Waals surface area contributed by atoms with E-state index in [0.717, 1.165) is 50.6 Å². The second-order valence-electron chi connectivity index (χ2n) is 7.10. The molecule has 1 atom stereocenters. The van der Waals surface area contributed by atoms with Gasteiger partial charge in [-0.25, -0.2) is 9.37 Å². The van der Waals surface area contributed by atoms with Crippen LogP contribution in [-0.4, -0.2) is 50.3 Å². The normalized spacial score (nSPS) is 16.2. The number of halogens is 2. The van der Waals surface area contributed by atoms with E-state index in [2.05, 4.69) is 34.7 Å². The van der Waals surface area contributed by atoms with Gasteiger partial charge in [-0.3, -0.25) is 4.99 Å². The average molecular weight is 527 g/mol. The van der Waals surface area contributed by atoms with Crippen molar-refractivity contribution in [2.24, 2.45) is 4.99 Å². The number of ether oxygens (including phenoxy) is 1.